The van der Waals surface area contributed by atoms with Crippen molar-refractivity contribution in [3.05, 3.63) is 106 Å². The van der Waals surface area contributed by atoms with Gasteiger partial charge in [-0.2, -0.15) is 0 Å². The summed E-state index contributed by atoms with van der Waals surface area (Å²) in [6, 6.07) is 26.4. The highest BCUT2D eigenvalue weighted by Gasteiger charge is 2.06. The lowest BCUT2D eigenvalue weighted by Gasteiger charge is -2.11. The highest BCUT2D eigenvalue weighted by atomic mass is 35.5. The van der Waals surface area contributed by atoms with Crippen LogP contribution < -0.4 is 4.74 Å². The van der Waals surface area contributed by atoms with Crippen LogP contribution >= 0.6 is 11.6 Å². The smallest absolute Gasteiger partial charge is 0.138 e. The maximum absolute atomic E-state index is 6.47. The third-order valence-electron chi connectivity index (χ3n) is 5.15. The van der Waals surface area contributed by atoms with Crippen molar-refractivity contribution in [2.45, 2.75) is 20.5 Å². The van der Waals surface area contributed by atoms with Crippen LogP contribution in [0.15, 0.2) is 83.9 Å². The molecule has 0 unspecified atom stereocenters. The van der Waals surface area contributed by atoms with E-state index in [2.05, 4.69) is 55.2 Å². The Bertz CT molecular complexity index is 1190. The number of hydrogen-bond donors (Lipinski definition) is 0. The molecule has 29 heavy (non-hydrogen) atoms. The standard InChI is InChI=1S/C26H22ClNO/c1-18-7-5-12-25(19(18)2)28-16-20-13-14-26(24(27)15-20)29-17-22-10-6-9-21-8-3-4-11-23(21)22/h3-16H,17H2,1-2H3. The molecular weight excluding hydrogens is 378 g/mol. The summed E-state index contributed by atoms with van der Waals surface area (Å²) in [6.07, 6.45) is 1.84. The van der Waals surface area contributed by atoms with Crippen molar-refractivity contribution in [1.82, 2.24) is 0 Å². The average molecular weight is 400 g/mol. The van der Waals surface area contributed by atoms with E-state index in [1.807, 2.05) is 48.7 Å². The molecule has 0 aliphatic heterocycles. The molecule has 2 nitrogen and oxygen atoms in total. The predicted molar refractivity (Wildman–Crippen MR) is 123 cm³/mol. The van der Waals surface area contributed by atoms with Gasteiger partial charge in [0, 0.05) is 6.21 Å². The highest BCUT2D eigenvalue weighted by molar-refractivity contribution is 6.32. The lowest BCUT2D eigenvalue weighted by molar-refractivity contribution is 0.308. The zero-order valence-electron chi connectivity index (χ0n) is 16.5. The number of aliphatic imine (C=N–C) groups is 1. The SMILES string of the molecule is Cc1cccc(N=Cc2ccc(OCc3cccc4ccccc34)c(Cl)c2)c1C. The first-order valence-corrected chi connectivity index (χ1v) is 9.99. The molecule has 0 aliphatic carbocycles. The number of rotatable bonds is 5. The number of aryl methyl sites for hydroxylation is 1. The van der Waals surface area contributed by atoms with Crippen molar-refractivity contribution < 1.29 is 4.74 Å². The third-order valence-corrected chi connectivity index (χ3v) is 5.44. The van der Waals surface area contributed by atoms with Gasteiger partial charge in [0.1, 0.15) is 12.4 Å². The van der Waals surface area contributed by atoms with Gasteiger partial charge < -0.3 is 4.74 Å². The molecule has 0 heterocycles. The first-order chi connectivity index (χ1) is 14.1. The largest absolute Gasteiger partial charge is 0.487 e. The minimum Gasteiger partial charge on any atom is -0.487 e. The van der Waals surface area contributed by atoms with E-state index in [1.165, 1.54) is 21.9 Å². The van der Waals surface area contributed by atoms with Gasteiger partial charge in [-0.05, 0) is 71.1 Å². The van der Waals surface area contributed by atoms with E-state index < -0.39 is 0 Å². The molecule has 0 spiro atoms. The first kappa shape index (κ1) is 19.2. The molecular formula is C26H22ClNO. The fraction of sp³-hybridized carbons (Fsp3) is 0.115. The predicted octanol–water partition coefficient (Wildman–Crippen LogP) is 7.44. The summed E-state index contributed by atoms with van der Waals surface area (Å²) in [6.45, 7) is 4.64. The van der Waals surface area contributed by atoms with Gasteiger partial charge in [0.15, 0.2) is 0 Å². The molecule has 0 atom stereocenters. The van der Waals surface area contributed by atoms with Crippen molar-refractivity contribution in [3.8, 4) is 5.75 Å². The Hall–Kier alpha value is -3.10. The number of halogens is 1. The van der Waals surface area contributed by atoms with E-state index in [0.29, 0.717) is 17.4 Å². The second-order valence-corrected chi connectivity index (χ2v) is 7.50. The Kier molecular flexibility index (Phi) is 5.64. The molecule has 0 amide bonds. The molecule has 0 saturated heterocycles. The second kappa shape index (κ2) is 8.50. The van der Waals surface area contributed by atoms with E-state index in [1.54, 1.807) is 0 Å². The Morgan fingerprint density at radius 1 is 0.897 bits per heavy atom. The van der Waals surface area contributed by atoms with Crippen molar-refractivity contribution in [2.24, 2.45) is 4.99 Å². The zero-order chi connectivity index (χ0) is 20.2. The molecule has 4 aromatic rings. The van der Waals surface area contributed by atoms with Gasteiger partial charge in [-0.1, -0.05) is 66.2 Å². The summed E-state index contributed by atoms with van der Waals surface area (Å²) in [5.74, 6) is 0.670. The van der Waals surface area contributed by atoms with Crippen LogP contribution in [-0.4, -0.2) is 6.21 Å². The zero-order valence-corrected chi connectivity index (χ0v) is 17.3. The fourth-order valence-corrected chi connectivity index (χ4v) is 3.55. The average Bonchev–Trinajstić information content (AvgIpc) is 2.74. The summed E-state index contributed by atoms with van der Waals surface area (Å²) < 4.78 is 6.01. The van der Waals surface area contributed by atoms with Crippen LogP contribution in [0.2, 0.25) is 5.02 Å². The fourth-order valence-electron chi connectivity index (χ4n) is 3.31. The topological polar surface area (TPSA) is 21.6 Å². The Morgan fingerprint density at radius 3 is 2.55 bits per heavy atom. The van der Waals surface area contributed by atoms with Gasteiger partial charge in [0.2, 0.25) is 0 Å². The molecule has 0 aliphatic rings. The summed E-state index contributed by atoms with van der Waals surface area (Å²) in [7, 11) is 0. The molecule has 3 heteroatoms. The molecule has 0 radical (unpaired) electrons. The Balaban J connectivity index is 1.50. The van der Waals surface area contributed by atoms with Crippen molar-refractivity contribution in [1.29, 1.82) is 0 Å². The van der Waals surface area contributed by atoms with Gasteiger partial charge in [-0.15, -0.1) is 0 Å². The Labute approximate surface area is 176 Å². The summed E-state index contributed by atoms with van der Waals surface area (Å²) in [5, 5.41) is 2.98. The molecule has 0 N–H and O–H groups in total. The van der Waals surface area contributed by atoms with Crippen LogP contribution in [0.25, 0.3) is 10.8 Å². The lowest BCUT2D eigenvalue weighted by Crippen LogP contribution is -1.97. The van der Waals surface area contributed by atoms with Crippen molar-refractivity contribution in [2.75, 3.05) is 0 Å². The van der Waals surface area contributed by atoms with E-state index in [9.17, 15) is 0 Å². The molecule has 0 bridgehead atoms. The van der Waals surface area contributed by atoms with Crippen LogP contribution in [0, 0.1) is 13.8 Å². The van der Waals surface area contributed by atoms with Crippen LogP contribution in [-0.2, 0) is 6.61 Å². The molecule has 0 saturated carbocycles. The maximum Gasteiger partial charge on any atom is 0.138 e. The number of nitrogens with zero attached hydrogens (tertiary/aromatic N) is 1. The normalized spacial score (nSPS) is 11.3. The monoisotopic (exact) mass is 399 g/mol. The molecule has 0 aromatic heterocycles. The molecule has 144 valence electrons. The number of hydrogen-bond acceptors (Lipinski definition) is 2. The number of ether oxygens (including phenoxy) is 1. The van der Waals surface area contributed by atoms with Crippen LogP contribution in [0.1, 0.15) is 22.3 Å². The summed E-state index contributed by atoms with van der Waals surface area (Å²) in [4.78, 5) is 4.61. The minimum atomic E-state index is 0.469. The van der Waals surface area contributed by atoms with Crippen molar-refractivity contribution in [3.63, 3.8) is 0 Å². The van der Waals surface area contributed by atoms with Crippen LogP contribution in [0.4, 0.5) is 5.69 Å². The van der Waals surface area contributed by atoms with Gasteiger partial charge in [0.25, 0.3) is 0 Å². The van der Waals surface area contributed by atoms with E-state index in [4.69, 9.17) is 16.3 Å². The van der Waals surface area contributed by atoms with Crippen LogP contribution in [0.5, 0.6) is 5.75 Å². The van der Waals surface area contributed by atoms with E-state index in [-0.39, 0.29) is 0 Å². The molecule has 4 aromatic carbocycles. The lowest BCUT2D eigenvalue weighted by atomic mass is 10.1. The molecule has 0 fully saturated rings. The maximum atomic E-state index is 6.47. The second-order valence-electron chi connectivity index (χ2n) is 7.09. The summed E-state index contributed by atoms with van der Waals surface area (Å²) in [5.41, 5.74) is 5.46. The van der Waals surface area contributed by atoms with Gasteiger partial charge in [0.05, 0.1) is 10.7 Å². The van der Waals surface area contributed by atoms with Gasteiger partial charge in [-0.3, -0.25) is 4.99 Å². The Morgan fingerprint density at radius 2 is 1.69 bits per heavy atom. The highest BCUT2D eigenvalue weighted by Crippen LogP contribution is 2.28. The van der Waals surface area contributed by atoms with Gasteiger partial charge >= 0.3 is 0 Å². The van der Waals surface area contributed by atoms with E-state index >= 15 is 0 Å². The van der Waals surface area contributed by atoms with Crippen molar-refractivity contribution >= 4 is 34.3 Å². The summed E-state index contributed by atoms with van der Waals surface area (Å²) >= 11 is 6.47. The first-order valence-electron chi connectivity index (χ1n) is 9.61. The number of fused-ring (bicyclic) bond motifs is 1. The van der Waals surface area contributed by atoms with Gasteiger partial charge in [-0.25, -0.2) is 0 Å². The minimum absolute atomic E-state index is 0.469. The quantitative estimate of drug-likeness (QED) is 0.319. The third kappa shape index (κ3) is 4.33. The molecule has 4 rings (SSSR count). The van der Waals surface area contributed by atoms with E-state index in [0.717, 1.165) is 16.8 Å². The number of benzene rings is 4. The van der Waals surface area contributed by atoms with Crippen LogP contribution in [0.3, 0.4) is 0 Å².